The summed E-state index contributed by atoms with van der Waals surface area (Å²) in [5.74, 6) is -0.335. The summed E-state index contributed by atoms with van der Waals surface area (Å²) in [6.07, 6.45) is 4.56. The number of carbonyl (C=O) groups excluding carboxylic acids is 2. The molecule has 2 unspecified atom stereocenters. The second kappa shape index (κ2) is 10.9. The fraction of sp³-hybridized carbons (Fsp3) is 0.522. The van der Waals surface area contributed by atoms with E-state index in [1.165, 1.54) is 24.2 Å². The van der Waals surface area contributed by atoms with E-state index < -0.39 is 11.7 Å². The number of ether oxygens (including phenoxy) is 1. The molecule has 1 aliphatic rings. The van der Waals surface area contributed by atoms with E-state index in [0.29, 0.717) is 23.1 Å². The van der Waals surface area contributed by atoms with Crippen LogP contribution in [0.4, 0.5) is 16.2 Å². The lowest BCUT2D eigenvalue weighted by Gasteiger charge is -2.20. The predicted molar refractivity (Wildman–Crippen MR) is 128 cm³/mol. The molecular weight excluding hydrogens is 426 g/mol. The number of carbonyl (C=O) groups is 2. The Bertz CT molecular complexity index is 901. The molecule has 0 aliphatic carbocycles. The molecule has 0 saturated carbocycles. The summed E-state index contributed by atoms with van der Waals surface area (Å²) >= 11 is 1.37. The van der Waals surface area contributed by atoms with Gasteiger partial charge in [0.2, 0.25) is 0 Å². The Balaban J connectivity index is 1.58. The first-order valence-electron chi connectivity index (χ1n) is 11.1. The summed E-state index contributed by atoms with van der Waals surface area (Å²) in [5, 5.41) is 16.1. The van der Waals surface area contributed by atoms with Crippen LogP contribution < -0.4 is 21.3 Å². The first-order chi connectivity index (χ1) is 15.2. The Kier molecular flexibility index (Phi) is 8.22. The highest BCUT2D eigenvalue weighted by Gasteiger charge is 2.20. The molecule has 174 valence electrons. The number of amides is 2. The lowest BCUT2D eigenvalue weighted by molar-refractivity contribution is 0.0635. The van der Waals surface area contributed by atoms with Crippen molar-refractivity contribution in [2.75, 3.05) is 23.7 Å². The van der Waals surface area contributed by atoms with Gasteiger partial charge < -0.3 is 20.7 Å². The molecule has 0 aromatic carbocycles. The maximum Gasteiger partial charge on any atom is 0.412 e. The Morgan fingerprint density at radius 3 is 2.59 bits per heavy atom. The van der Waals surface area contributed by atoms with Gasteiger partial charge in [0.25, 0.3) is 5.91 Å². The maximum atomic E-state index is 12.7. The second-order valence-corrected chi connectivity index (χ2v) is 9.66. The summed E-state index contributed by atoms with van der Waals surface area (Å²) in [6, 6.07) is 4.40. The molecule has 2 amide bonds. The summed E-state index contributed by atoms with van der Waals surface area (Å²) < 4.78 is 5.27. The Hall–Kier alpha value is -2.49. The van der Waals surface area contributed by atoms with Crippen molar-refractivity contribution in [3.63, 3.8) is 0 Å². The highest BCUT2D eigenvalue weighted by Crippen LogP contribution is 2.27. The number of rotatable bonds is 8. The van der Waals surface area contributed by atoms with Crippen molar-refractivity contribution in [3.8, 4) is 0 Å². The van der Waals surface area contributed by atoms with Gasteiger partial charge in [0.1, 0.15) is 11.3 Å². The van der Waals surface area contributed by atoms with Crippen molar-refractivity contribution < 1.29 is 14.3 Å². The monoisotopic (exact) mass is 459 g/mol. The number of nitrogens with zero attached hydrogens (tertiary/aromatic N) is 1. The number of anilines is 2. The molecule has 2 atom stereocenters. The van der Waals surface area contributed by atoms with Crippen LogP contribution in [0.1, 0.15) is 69.1 Å². The van der Waals surface area contributed by atoms with Crippen LogP contribution in [0.5, 0.6) is 0 Å². The highest BCUT2D eigenvalue weighted by atomic mass is 32.1. The lowest BCUT2D eigenvalue weighted by Crippen LogP contribution is -2.35. The molecule has 4 N–H and O–H groups in total. The largest absolute Gasteiger partial charge is 0.444 e. The van der Waals surface area contributed by atoms with Crippen molar-refractivity contribution in [2.45, 2.75) is 64.6 Å². The van der Waals surface area contributed by atoms with Crippen LogP contribution in [0.15, 0.2) is 29.1 Å². The van der Waals surface area contributed by atoms with Gasteiger partial charge in [-0.1, -0.05) is 13.0 Å². The average Bonchev–Trinajstić information content (AvgIpc) is 3.40. The van der Waals surface area contributed by atoms with Crippen molar-refractivity contribution in [3.05, 3.63) is 40.3 Å². The lowest BCUT2D eigenvalue weighted by atomic mass is 10.1. The van der Waals surface area contributed by atoms with Gasteiger partial charge in [-0.05, 0) is 58.2 Å². The number of pyridine rings is 1. The number of aromatic nitrogens is 1. The summed E-state index contributed by atoms with van der Waals surface area (Å²) in [4.78, 5) is 29.1. The summed E-state index contributed by atoms with van der Waals surface area (Å²) in [6.45, 7) is 9.53. The molecule has 1 fully saturated rings. The number of hydrogen-bond acceptors (Lipinski definition) is 7. The normalized spacial score (nSPS) is 17.1. The van der Waals surface area contributed by atoms with Gasteiger partial charge in [-0.3, -0.25) is 15.1 Å². The molecule has 9 heteroatoms. The maximum absolute atomic E-state index is 12.7. The molecule has 2 aromatic heterocycles. The second-order valence-electron chi connectivity index (χ2n) is 8.92. The van der Waals surface area contributed by atoms with Crippen molar-refractivity contribution in [1.29, 1.82) is 0 Å². The molecule has 8 nitrogen and oxygen atoms in total. The third-order valence-electron chi connectivity index (χ3n) is 5.15. The van der Waals surface area contributed by atoms with E-state index in [1.54, 1.807) is 43.8 Å². The van der Waals surface area contributed by atoms with Gasteiger partial charge in [0.05, 0.1) is 11.4 Å². The van der Waals surface area contributed by atoms with E-state index in [-0.39, 0.29) is 11.9 Å². The molecule has 32 heavy (non-hydrogen) atoms. The number of hydrogen-bond donors (Lipinski definition) is 4. The molecule has 3 rings (SSSR count). The molecule has 0 spiro atoms. The van der Waals surface area contributed by atoms with Crippen LogP contribution in [0.3, 0.4) is 0 Å². The van der Waals surface area contributed by atoms with Gasteiger partial charge in [0, 0.05) is 35.6 Å². The SMILES string of the molecule is CCC(NCC1CCCN1)c1ccc(C(=O)Nc2cscc2NC(=O)OC(C)(C)C)nc1. The minimum Gasteiger partial charge on any atom is -0.444 e. The first kappa shape index (κ1) is 24.2. The topological polar surface area (TPSA) is 104 Å². The standard InChI is InChI=1S/C23H33N5O3S/c1-5-17(26-12-16-7-6-10-24-16)15-8-9-18(25-11-15)21(29)27-19-13-32-14-20(19)28-22(30)31-23(2,3)4/h8-9,11,13-14,16-17,24,26H,5-7,10,12H2,1-4H3,(H,27,29)(H,28,30). The molecule has 0 bridgehead atoms. The molecule has 0 radical (unpaired) electrons. The predicted octanol–water partition coefficient (Wildman–Crippen LogP) is 4.54. The van der Waals surface area contributed by atoms with E-state index in [4.69, 9.17) is 4.74 Å². The van der Waals surface area contributed by atoms with Crippen LogP contribution in [-0.2, 0) is 4.74 Å². The van der Waals surface area contributed by atoms with Gasteiger partial charge in [-0.25, -0.2) is 4.79 Å². The van der Waals surface area contributed by atoms with E-state index in [0.717, 1.165) is 25.1 Å². The van der Waals surface area contributed by atoms with Crippen LogP contribution in [-0.4, -0.2) is 41.7 Å². The quantitative estimate of drug-likeness (QED) is 0.462. The average molecular weight is 460 g/mol. The zero-order valence-corrected chi connectivity index (χ0v) is 20.0. The Morgan fingerprint density at radius 2 is 2.00 bits per heavy atom. The van der Waals surface area contributed by atoms with Crippen LogP contribution in [0, 0.1) is 0 Å². The van der Waals surface area contributed by atoms with Crippen molar-refractivity contribution in [1.82, 2.24) is 15.6 Å². The zero-order valence-electron chi connectivity index (χ0n) is 19.2. The van der Waals surface area contributed by atoms with Gasteiger partial charge in [-0.15, -0.1) is 11.3 Å². The van der Waals surface area contributed by atoms with Crippen LogP contribution in [0.25, 0.3) is 0 Å². The van der Waals surface area contributed by atoms with Crippen LogP contribution in [0.2, 0.25) is 0 Å². The molecule has 1 aliphatic heterocycles. The van der Waals surface area contributed by atoms with E-state index in [2.05, 4.69) is 33.2 Å². The van der Waals surface area contributed by atoms with Gasteiger partial charge in [-0.2, -0.15) is 0 Å². The van der Waals surface area contributed by atoms with E-state index in [1.807, 2.05) is 6.07 Å². The molecule has 3 heterocycles. The van der Waals surface area contributed by atoms with Gasteiger partial charge >= 0.3 is 6.09 Å². The van der Waals surface area contributed by atoms with Crippen molar-refractivity contribution in [2.24, 2.45) is 0 Å². The third kappa shape index (κ3) is 7.01. The fourth-order valence-electron chi connectivity index (χ4n) is 3.55. The number of nitrogens with one attached hydrogen (secondary N) is 4. The highest BCUT2D eigenvalue weighted by molar-refractivity contribution is 7.09. The van der Waals surface area contributed by atoms with E-state index in [9.17, 15) is 9.59 Å². The summed E-state index contributed by atoms with van der Waals surface area (Å²) in [5.41, 5.74) is 1.77. The smallest absolute Gasteiger partial charge is 0.412 e. The number of thiophene rings is 1. The van der Waals surface area contributed by atoms with Crippen LogP contribution >= 0.6 is 11.3 Å². The first-order valence-corrected chi connectivity index (χ1v) is 12.0. The van der Waals surface area contributed by atoms with E-state index >= 15 is 0 Å². The minimum atomic E-state index is -0.603. The molecule has 2 aromatic rings. The fourth-order valence-corrected chi connectivity index (χ4v) is 4.26. The Labute approximate surface area is 193 Å². The Morgan fingerprint density at radius 1 is 1.25 bits per heavy atom. The third-order valence-corrected chi connectivity index (χ3v) is 5.89. The summed E-state index contributed by atoms with van der Waals surface area (Å²) in [7, 11) is 0. The molecule has 1 saturated heterocycles. The minimum absolute atomic E-state index is 0.198. The van der Waals surface area contributed by atoms with Crippen molar-refractivity contribution >= 4 is 34.7 Å². The zero-order chi connectivity index (χ0) is 23.1. The molecular formula is C23H33N5O3S. The van der Waals surface area contributed by atoms with Gasteiger partial charge in [0.15, 0.2) is 0 Å².